The predicted octanol–water partition coefficient (Wildman–Crippen LogP) is 2.55. The Kier molecular flexibility index (Phi) is 3.21. The van der Waals surface area contributed by atoms with Crippen LogP contribution in [0.4, 0.5) is 5.69 Å². The Morgan fingerprint density at radius 1 is 1.26 bits per heavy atom. The van der Waals surface area contributed by atoms with Gasteiger partial charge in [0.15, 0.2) is 0 Å². The highest BCUT2D eigenvalue weighted by atomic mass is 16.6. The van der Waals surface area contributed by atoms with Gasteiger partial charge < -0.3 is 9.88 Å². The maximum atomic E-state index is 10.8. The number of nitrogens with zero attached hydrogens (tertiary/aromatic N) is 2. The summed E-state index contributed by atoms with van der Waals surface area (Å²) in [6.45, 7) is 3.19. The zero-order valence-electron chi connectivity index (χ0n) is 10.7. The Bertz CT molecular complexity index is 600. The standard InChI is InChI=1S/C14H17N3O2/c18-17(19)14-2-1-12-9-16(10-13(12)7-14)8-11-3-5-15-6-4-11/h1-2,7,9-11,15H,3-6,8H2. The van der Waals surface area contributed by atoms with E-state index in [0.29, 0.717) is 5.92 Å². The number of hydrogen-bond acceptors (Lipinski definition) is 3. The van der Waals surface area contributed by atoms with Crippen LogP contribution in [0.5, 0.6) is 0 Å². The molecule has 1 N–H and O–H groups in total. The number of nitrogens with one attached hydrogen (secondary N) is 1. The third-order valence-electron chi connectivity index (χ3n) is 3.82. The van der Waals surface area contributed by atoms with E-state index in [2.05, 4.69) is 16.1 Å². The topological polar surface area (TPSA) is 60.1 Å². The van der Waals surface area contributed by atoms with Gasteiger partial charge in [-0.25, -0.2) is 0 Å². The van der Waals surface area contributed by atoms with Gasteiger partial charge in [-0.15, -0.1) is 0 Å². The van der Waals surface area contributed by atoms with Crippen LogP contribution in [0.1, 0.15) is 12.8 Å². The third kappa shape index (κ3) is 2.61. The molecule has 2 aromatic rings. The second kappa shape index (κ2) is 5.01. The zero-order valence-corrected chi connectivity index (χ0v) is 10.7. The third-order valence-corrected chi connectivity index (χ3v) is 3.82. The van der Waals surface area contributed by atoms with E-state index in [-0.39, 0.29) is 10.6 Å². The van der Waals surface area contributed by atoms with E-state index in [1.54, 1.807) is 12.1 Å². The average Bonchev–Trinajstić information content (AvgIpc) is 2.80. The number of piperidine rings is 1. The number of aromatic nitrogens is 1. The molecule has 0 spiro atoms. The molecule has 3 rings (SSSR count). The molecule has 1 aromatic heterocycles. The second-order valence-electron chi connectivity index (χ2n) is 5.22. The van der Waals surface area contributed by atoms with Crippen LogP contribution in [-0.2, 0) is 6.54 Å². The van der Waals surface area contributed by atoms with Gasteiger partial charge in [0.05, 0.1) is 4.92 Å². The number of rotatable bonds is 3. The SMILES string of the molecule is O=[N+]([O-])c1ccc2cn(CC3CCNCC3)cc2c1. The summed E-state index contributed by atoms with van der Waals surface area (Å²) in [5.41, 5.74) is 0.159. The molecule has 2 heterocycles. The molecule has 1 fully saturated rings. The van der Waals surface area contributed by atoms with Gasteiger partial charge in [-0.05, 0) is 43.3 Å². The van der Waals surface area contributed by atoms with Gasteiger partial charge in [-0.3, -0.25) is 10.1 Å². The number of non-ortho nitro benzene ring substituents is 1. The summed E-state index contributed by atoms with van der Waals surface area (Å²) >= 11 is 0. The molecule has 5 heteroatoms. The van der Waals surface area contributed by atoms with Crippen molar-refractivity contribution in [1.29, 1.82) is 0 Å². The van der Waals surface area contributed by atoms with Gasteiger partial charge in [-0.2, -0.15) is 0 Å². The van der Waals surface area contributed by atoms with Crippen molar-refractivity contribution in [2.75, 3.05) is 13.1 Å². The van der Waals surface area contributed by atoms with Crippen molar-refractivity contribution in [2.24, 2.45) is 5.92 Å². The Balaban J connectivity index is 1.82. The van der Waals surface area contributed by atoms with E-state index >= 15 is 0 Å². The van der Waals surface area contributed by atoms with E-state index in [9.17, 15) is 10.1 Å². The van der Waals surface area contributed by atoms with Crippen molar-refractivity contribution in [1.82, 2.24) is 9.88 Å². The average molecular weight is 259 g/mol. The first-order chi connectivity index (χ1) is 9.22. The molecule has 1 aliphatic rings. The quantitative estimate of drug-likeness (QED) is 0.680. The van der Waals surface area contributed by atoms with Gasteiger partial charge >= 0.3 is 0 Å². The molecule has 5 nitrogen and oxygen atoms in total. The van der Waals surface area contributed by atoms with Crippen LogP contribution in [-0.4, -0.2) is 22.6 Å². The first kappa shape index (κ1) is 12.2. The molecule has 0 bridgehead atoms. The van der Waals surface area contributed by atoms with Gasteiger partial charge in [0.2, 0.25) is 0 Å². The van der Waals surface area contributed by atoms with E-state index in [4.69, 9.17) is 0 Å². The summed E-state index contributed by atoms with van der Waals surface area (Å²) in [5.74, 6) is 0.707. The number of fused-ring (bicyclic) bond motifs is 1. The monoisotopic (exact) mass is 259 g/mol. The van der Waals surface area contributed by atoms with Crippen molar-refractivity contribution >= 4 is 16.5 Å². The molecule has 19 heavy (non-hydrogen) atoms. The molecular weight excluding hydrogens is 242 g/mol. The summed E-state index contributed by atoms with van der Waals surface area (Å²) in [6.07, 6.45) is 6.51. The van der Waals surface area contributed by atoms with Crippen molar-refractivity contribution in [3.63, 3.8) is 0 Å². The van der Waals surface area contributed by atoms with E-state index in [0.717, 1.165) is 30.4 Å². The lowest BCUT2D eigenvalue weighted by molar-refractivity contribution is -0.384. The van der Waals surface area contributed by atoms with E-state index < -0.39 is 0 Å². The van der Waals surface area contributed by atoms with Crippen LogP contribution in [0.3, 0.4) is 0 Å². The predicted molar refractivity (Wildman–Crippen MR) is 74.2 cm³/mol. The lowest BCUT2D eigenvalue weighted by atomic mass is 9.98. The highest BCUT2D eigenvalue weighted by molar-refractivity contribution is 5.84. The summed E-state index contributed by atoms with van der Waals surface area (Å²) in [4.78, 5) is 10.4. The molecule has 0 unspecified atom stereocenters. The molecule has 1 aromatic carbocycles. The first-order valence-electron chi connectivity index (χ1n) is 6.67. The van der Waals surface area contributed by atoms with Crippen LogP contribution in [0.25, 0.3) is 10.8 Å². The van der Waals surface area contributed by atoms with Crippen molar-refractivity contribution in [3.05, 3.63) is 40.7 Å². The minimum absolute atomic E-state index is 0.159. The summed E-state index contributed by atoms with van der Waals surface area (Å²) in [5, 5.41) is 16.1. The lowest BCUT2D eigenvalue weighted by Gasteiger charge is -2.22. The molecule has 0 saturated carbocycles. The van der Waals surface area contributed by atoms with Gasteiger partial charge in [0.1, 0.15) is 0 Å². The number of benzene rings is 1. The minimum atomic E-state index is -0.344. The summed E-state index contributed by atoms with van der Waals surface area (Å²) in [6, 6.07) is 5.04. The summed E-state index contributed by atoms with van der Waals surface area (Å²) < 4.78 is 2.17. The maximum Gasteiger partial charge on any atom is 0.270 e. The minimum Gasteiger partial charge on any atom is -0.353 e. The Morgan fingerprint density at radius 3 is 2.74 bits per heavy atom. The van der Waals surface area contributed by atoms with E-state index in [1.807, 2.05) is 12.3 Å². The molecule has 1 aliphatic heterocycles. The first-order valence-corrected chi connectivity index (χ1v) is 6.67. The fourth-order valence-electron chi connectivity index (χ4n) is 2.77. The second-order valence-corrected chi connectivity index (χ2v) is 5.22. The van der Waals surface area contributed by atoms with Crippen LogP contribution < -0.4 is 5.32 Å². The van der Waals surface area contributed by atoms with Crippen molar-refractivity contribution < 1.29 is 4.92 Å². The normalized spacial score (nSPS) is 16.8. The van der Waals surface area contributed by atoms with Gasteiger partial charge in [-0.1, -0.05) is 0 Å². The van der Waals surface area contributed by atoms with Crippen molar-refractivity contribution in [2.45, 2.75) is 19.4 Å². The van der Waals surface area contributed by atoms with E-state index in [1.165, 1.54) is 12.8 Å². The van der Waals surface area contributed by atoms with Crippen LogP contribution in [0, 0.1) is 16.0 Å². The van der Waals surface area contributed by atoms with Crippen LogP contribution in [0.2, 0.25) is 0 Å². The molecule has 0 aliphatic carbocycles. The molecule has 0 amide bonds. The van der Waals surface area contributed by atoms with Gasteiger partial charge in [0, 0.05) is 36.5 Å². The highest BCUT2D eigenvalue weighted by Gasteiger charge is 2.14. The zero-order chi connectivity index (χ0) is 13.2. The number of nitro groups is 1. The Hall–Kier alpha value is -1.88. The smallest absolute Gasteiger partial charge is 0.270 e. The van der Waals surface area contributed by atoms with Gasteiger partial charge in [0.25, 0.3) is 5.69 Å². The molecule has 0 radical (unpaired) electrons. The Labute approximate surface area is 111 Å². The van der Waals surface area contributed by atoms with Crippen LogP contribution >= 0.6 is 0 Å². The molecule has 0 atom stereocenters. The maximum absolute atomic E-state index is 10.8. The number of hydrogen-bond donors (Lipinski definition) is 1. The number of nitro benzene ring substituents is 1. The largest absolute Gasteiger partial charge is 0.353 e. The fraction of sp³-hybridized carbons (Fsp3) is 0.429. The lowest BCUT2D eigenvalue weighted by Crippen LogP contribution is -2.29. The van der Waals surface area contributed by atoms with Crippen LogP contribution in [0.15, 0.2) is 30.6 Å². The Morgan fingerprint density at radius 2 is 2.00 bits per heavy atom. The molecule has 1 saturated heterocycles. The summed E-state index contributed by atoms with van der Waals surface area (Å²) in [7, 11) is 0. The highest BCUT2D eigenvalue weighted by Crippen LogP contribution is 2.23. The molecule has 100 valence electrons. The van der Waals surface area contributed by atoms with Crippen molar-refractivity contribution in [3.8, 4) is 0 Å². The fourth-order valence-corrected chi connectivity index (χ4v) is 2.77. The molecular formula is C14H17N3O2.